The Bertz CT molecular complexity index is 821. The first-order valence-corrected chi connectivity index (χ1v) is 10.6. The topological polar surface area (TPSA) is 108 Å². The van der Waals surface area contributed by atoms with Crippen molar-refractivity contribution in [1.29, 1.82) is 0 Å². The van der Waals surface area contributed by atoms with Crippen LogP contribution in [0.25, 0.3) is 0 Å². The van der Waals surface area contributed by atoms with Gasteiger partial charge in [-0.15, -0.1) is 6.58 Å². The van der Waals surface area contributed by atoms with E-state index < -0.39 is 34.9 Å². The molecule has 0 aliphatic carbocycles. The lowest BCUT2D eigenvalue weighted by Crippen LogP contribution is -2.69. The largest absolute Gasteiger partial charge is 0.494 e. The Morgan fingerprint density at radius 1 is 1.38 bits per heavy atom. The predicted octanol–water partition coefficient (Wildman–Crippen LogP) is 2.22. The van der Waals surface area contributed by atoms with Crippen LogP contribution in [0.2, 0.25) is 0 Å². The summed E-state index contributed by atoms with van der Waals surface area (Å²) in [6.45, 7) is 9.46. The molecule has 3 rings (SSSR count). The van der Waals surface area contributed by atoms with E-state index in [-0.39, 0.29) is 11.3 Å². The molecule has 32 heavy (non-hydrogen) atoms. The summed E-state index contributed by atoms with van der Waals surface area (Å²) < 4.78 is 25.5. The fraction of sp³-hybridized carbons (Fsp3) is 0.565. The number of carbonyl (C=O) groups is 2. The fourth-order valence-electron chi connectivity index (χ4n) is 4.28. The number of likely N-dealkylation sites (tertiary alicyclic amines) is 1. The highest BCUT2D eigenvalue weighted by atomic mass is 19.1. The first-order valence-electron chi connectivity index (χ1n) is 10.6. The van der Waals surface area contributed by atoms with E-state index in [0.717, 1.165) is 26.6 Å². The molecule has 8 nitrogen and oxygen atoms in total. The highest BCUT2D eigenvalue weighted by Gasteiger charge is 2.53. The number of aliphatic carboxylic acids is 1. The molecule has 0 saturated carbocycles. The van der Waals surface area contributed by atoms with Gasteiger partial charge in [-0.1, -0.05) is 12.1 Å². The molecule has 2 fully saturated rings. The normalized spacial score (nSPS) is 24.7. The van der Waals surface area contributed by atoms with E-state index in [4.69, 9.17) is 19.4 Å². The van der Waals surface area contributed by atoms with Crippen molar-refractivity contribution < 1.29 is 33.7 Å². The third-order valence-electron chi connectivity index (χ3n) is 6.03. The van der Waals surface area contributed by atoms with Crippen molar-refractivity contribution in [2.45, 2.75) is 50.4 Å². The minimum absolute atomic E-state index is 0.0105. The van der Waals surface area contributed by atoms with Crippen molar-refractivity contribution in [2.24, 2.45) is 0 Å². The Hall–Kier alpha value is -2.49. The lowest BCUT2D eigenvalue weighted by atomic mass is 9.73. The van der Waals surface area contributed by atoms with Crippen molar-refractivity contribution in [3.05, 3.63) is 42.2 Å². The molecule has 2 aliphatic heterocycles. The number of benzene rings is 1. The van der Waals surface area contributed by atoms with Crippen LogP contribution in [0.3, 0.4) is 0 Å². The van der Waals surface area contributed by atoms with Gasteiger partial charge in [0.2, 0.25) is 0 Å². The van der Waals surface area contributed by atoms with Crippen LogP contribution in [0.4, 0.5) is 4.39 Å². The van der Waals surface area contributed by atoms with Gasteiger partial charge in [0.05, 0.1) is 23.8 Å². The van der Waals surface area contributed by atoms with Gasteiger partial charge in [0.25, 0.3) is 11.9 Å². The van der Waals surface area contributed by atoms with Gasteiger partial charge in [-0.25, -0.2) is 4.39 Å². The molecule has 1 aromatic carbocycles. The number of rotatable bonds is 5. The Balaban J connectivity index is 0.000000837. The maximum atomic E-state index is 14.5. The van der Waals surface area contributed by atoms with Crippen LogP contribution in [-0.2, 0) is 9.53 Å². The first kappa shape index (κ1) is 25.8. The second-order valence-corrected chi connectivity index (χ2v) is 8.37. The van der Waals surface area contributed by atoms with Gasteiger partial charge in [0.1, 0.15) is 6.10 Å². The number of methoxy groups -OCH3 is 1. The molecular formula is C23H33FN2O6. The van der Waals surface area contributed by atoms with E-state index in [2.05, 4.69) is 16.8 Å². The summed E-state index contributed by atoms with van der Waals surface area (Å²) >= 11 is 0. The van der Waals surface area contributed by atoms with Crippen molar-refractivity contribution in [3.63, 3.8) is 0 Å². The molecule has 1 spiro atoms. The second-order valence-electron chi connectivity index (χ2n) is 8.37. The van der Waals surface area contributed by atoms with Gasteiger partial charge < -0.3 is 25.0 Å². The summed E-state index contributed by atoms with van der Waals surface area (Å²) in [4.78, 5) is 24.0. The highest BCUT2D eigenvalue weighted by molar-refractivity contribution is 5.95. The molecule has 2 saturated heterocycles. The number of aliphatic hydroxyl groups is 1. The Morgan fingerprint density at radius 3 is 2.56 bits per heavy atom. The highest BCUT2D eigenvalue weighted by Crippen LogP contribution is 2.40. The maximum Gasteiger partial charge on any atom is 0.300 e. The summed E-state index contributed by atoms with van der Waals surface area (Å²) in [5, 5.41) is 21.5. The van der Waals surface area contributed by atoms with Crippen molar-refractivity contribution in [2.75, 3.05) is 33.4 Å². The molecule has 1 amide bonds. The minimum atomic E-state index is -0.911. The zero-order valence-electron chi connectivity index (χ0n) is 18.9. The van der Waals surface area contributed by atoms with Crippen LogP contribution in [0, 0.1) is 5.82 Å². The number of aliphatic hydroxyl groups excluding tert-OH is 1. The molecule has 2 heterocycles. The number of nitrogens with zero attached hydrogens (tertiary/aromatic N) is 1. The van der Waals surface area contributed by atoms with Crippen LogP contribution in [0.1, 0.15) is 43.5 Å². The molecule has 9 heteroatoms. The number of amides is 1. The van der Waals surface area contributed by atoms with Gasteiger partial charge in [0.15, 0.2) is 11.6 Å². The molecule has 178 valence electrons. The van der Waals surface area contributed by atoms with Crippen LogP contribution in [0.5, 0.6) is 5.75 Å². The lowest BCUT2D eigenvalue weighted by Gasteiger charge is -2.53. The molecular weight excluding hydrogens is 419 g/mol. The third-order valence-corrected chi connectivity index (χ3v) is 6.03. The number of halogens is 1. The van der Waals surface area contributed by atoms with E-state index in [1.807, 2.05) is 6.08 Å². The number of ether oxygens (including phenoxy) is 2. The number of nitrogens with one attached hydrogen (secondary N) is 1. The van der Waals surface area contributed by atoms with Crippen LogP contribution in [0.15, 0.2) is 30.9 Å². The number of carboxylic acid groups (broad SMARTS) is 1. The zero-order chi connectivity index (χ0) is 23.9. The Kier molecular flexibility index (Phi) is 8.77. The van der Waals surface area contributed by atoms with Gasteiger partial charge in [-0.2, -0.15) is 0 Å². The monoisotopic (exact) mass is 452 g/mol. The van der Waals surface area contributed by atoms with Gasteiger partial charge >= 0.3 is 0 Å². The lowest BCUT2D eigenvalue weighted by molar-refractivity contribution is -0.205. The molecule has 0 bridgehead atoms. The summed E-state index contributed by atoms with van der Waals surface area (Å²) in [6, 6.07) is 4.44. The van der Waals surface area contributed by atoms with Gasteiger partial charge in [0, 0.05) is 33.2 Å². The van der Waals surface area contributed by atoms with Gasteiger partial charge in [-0.3, -0.25) is 14.5 Å². The average molecular weight is 453 g/mol. The number of carbonyl (C=O) groups excluding carboxylic acids is 1. The van der Waals surface area contributed by atoms with E-state index in [9.17, 15) is 14.3 Å². The van der Waals surface area contributed by atoms with Crippen LogP contribution < -0.4 is 10.1 Å². The number of carboxylic acids is 1. The van der Waals surface area contributed by atoms with Crippen molar-refractivity contribution >= 4 is 11.9 Å². The quantitative estimate of drug-likeness (QED) is 0.588. The molecule has 1 aromatic rings. The molecule has 2 aliphatic rings. The molecule has 0 aromatic heterocycles. The maximum absolute atomic E-state index is 14.5. The van der Waals surface area contributed by atoms with E-state index >= 15 is 0 Å². The Morgan fingerprint density at radius 2 is 2.00 bits per heavy atom. The minimum Gasteiger partial charge on any atom is -0.494 e. The van der Waals surface area contributed by atoms with Crippen LogP contribution in [-0.4, -0.2) is 77.6 Å². The first-order chi connectivity index (χ1) is 15.1. The molecule has 2 atom stereocenters. The Labute approximate surface area is 188 Å². The summed E-state index contributed by atoms with van der Waals surface area (Å²) in [5.41, 5.74) is -1.72. The summed E-state index contributed by atoms with van der Waals surface area (Å²) in [7, 11) is 1.35. The van der Waals surface area contributed by atoms with E-state index in [1.54, 1.807) is 13.0 Å². The summed E-state index contributed by atoms with van der Waals surface area (Å²) in [5.74, 6) is -2.10. The number of piperidine rings is 1. The van der Waals surface area contributed by atoms with E-state index in [1.165, 1.54) is 19.2 Å². The predicted molar refractivity (Wildman–Crippen MR) is 117 cm³/mol. The zero-order valence-corrected chi connectivity index (χ0v) is 18.9. The second kappa shape index (κ2) is 10.9. The van der Waals surface area contributed by atoms with Crippen LogP contribution >= 0.6 is 0 Å². The smallest absolute Gasteiger partial charge is 0.300 e. The molecule has 3 N–H and O–H groups in total. The SMILES string of the molecule is C=CCN1CCC2(CC1)OCC[C@](C)(NC(=O)c1cccc(OC)c1F)[C@H]2O.CC(=O)O. The van der Waals surface area contributed by atoms with Crippen molar-refractivity contribution in [1.82, 2.24) is 10.2 Å². The summed E-state index contributed by atoms with van der Waals surface area (Å²) in [6.07, 6.45) is 2.76. The molecule has 0 radical (unpaired) electrons. The standard InChI is InChI=1S/C21H29FN2O4.C2H4O2/c1-4-11-24-12-8-21(9-13-24)19(26)20(2,10-14-28-21)23-18(25)15-6-5-7-16(27-3)17(15)22;1-2(3)4/h4-7,19,26H,1,8-14H2,2-3H3,(H,23,25);1H3,(H,3,4)/t19-,20+;/m1./s1. The molecule has 0 unspecified atom stereocenters. The van der Waals surface area contributed by atoms with Crippen molar-refractivity contribution in [3.8, 4) is 5.75 Å². The number of hydrogen-bond acceptors (Lipinski definition) is 6. The third kappa shape index (κ3) is 5.85. The fourth-order valence-corrected chi connectivity index (χ4v) is 4.28. The van der Waals surface area contributed by atoms with Gasteiger partial charge in [-0.05, 0) is 38.3 Å². The number of hydrogen-bond donors (Lipinski definition) is 3. The average Bonchev–Trinajstić information content (AvgIpc) is 2.73. The van der Waals surface area contributed by atoms with E-state index in [0.29, 0.717) is 25.9 Å².